The number of carbonyl (C=O) groups is 3. The van der Waals surface area contributed by atoms with E-state index in [9.17, 15) is 24.2 Å². The fourth-order valence-electron chi connectivity index (χ4n) is 15.2. The van der Waals surface area contributed by atoms with Crippen LogP contribution in [0.3, 0.4) is 0 Å². The maximum Gasteiger partial charge on any atom is 0.344 e. The van der Waals surface area contributed by atoms with E-state index >= 15 is 4.79 Å². The van der Waals surface area contributed by atoms with Crippen LogP contribution in [0.15, 0.2) is 83.5 Å². The number of esters is 3. The monoisotopic (exact) mass is 903 g/mol. The number of hydrogen-bond donors (Lipinski definition) is 2. The molecule has 14 heteroatoms. The van der Waals surface area contributed by atoms with E-state index in [1.807, 2.05) is 25.8 Å². The lowest BCUT2D eigenvalue weighted by Crippen LogP contribution is -2.79. The molecule has 2 bridgehead atoms. The molecule has 0 radical (unpaired) electrons. The number of likely N-dealkylation sites (tertiary alicyclic amines) is 1. The Morgan fingerprint density at radius 1 is 0.924 bits per heavy atom. The zero-order valence-corrected chi connectivity index (χ0v) is 39.3. The molecule has 2 aromatic rings. The number of ether oxygens (including phenoxy) is 4. The van der Waals surface area contributed by atoms with Gasteiger partial charge in [-0.15, -0.1) is 0 Å². The zero-order valence-electron chi connectivity index (χ0n) is 39.3. The van der Waals surface area contributed by atoms with Gasteiger partial charge in [-0.25, -0.2) is 9.18 Å². The molecule has 0 amide bonds. The summed E-state index contributed by atoms with van der Waals surface area (Å²) >= 11 is 0. The number of likely N-dealkylation sites (N-methyl/N-ethyl adjacent to an activating group) is 1. The summed E-state index contributed by atoms with van der Waals surface area (Å²) < 4.78 is 38.5. The second-order valence-corrected chi connectivity index (χ2v) is 20.5. The average molecular weight is 904 g/mol. The Morgan fingerprint density at radius 2 is 1.67 bits per heavy atom. The quantitative estimate of drug-likeness (QED) is 0.169. The smallest absolute Gasteiger partial charge is 0.344 e. The Bertz CT molecular complexity index is 2490. The van der Waals surface area contributed by atoms with E-state index in [4.69, 9.17) is 18.9 Å². The first-order chi connectivity index (χ1) is 31.6. The molecule has 3 unspecified atom stereocenters. The summed E-state index contributed by atoms with van der Waals surface area (Å²) in [7, 11) is 6.77. The number of benzene rings is 2. The third kappa shape index (κ3) is 6.16. The molecule has 66 heavy (non-hydrogen) atoms. The fourth-order valence-corrected chi connectivity index (χ4v) is 15.2. The fraction of sp³-hybridized carbons (Fsp3) is 0.558. The Kier molecular flexibility index (Phi) is 11.0. The van der Waals surface area contributed by atoms with Crippen molar-refractivity contribution in [3.05, 3.63) is 94.9 Å². The minimum Gasteiger partial charge on any atom is -0.468 e. The maximum atomic E-state index is 15.7. The molecule has 2 aliphatic carbocycles. The van der Waals surface area contributed by atoms with Crippen molar-refractivity contribution in [3.8, 4) is 11.1 Å². The van der Waals surface area contributed by atoms with Crippen LogP contribution in [0, 0.1) is 33.9 Å². The molecule has 12 nitrogen and oxygen atoms in total. The summed E-state index contributed by atoms with van der Waals surface area (Å²) in [6, 6.07) is 11.7. The predicted octanol–water partition coefficient (Wildman–Crippen LogP) is 4.34. The summed E-state index contributed by atoms with van der Waals surface area (Å²) in [4.78, 5) is 50.1. The number of aliphatic hydroxyl groups is 2. The molecule has 1 spiro atoms. The van der Waals surface area contributed by atoms with E-state index < -0.39 is 63.6 Å². The number of halogens is 1. The zero-order chi connectivity index (χ0) is 46.7. The van der Waals surface area contributed by atoms with Gasteiger partial charge in [0.25, 0.3) is 0 Å². The Labute approximate surface area is 387 Å². The third-order valence-corrected chi connectivity index (χ3v) is 17.6. The second kappa shape index (κ2) is 16.0. The summed E-state index contributed by atoms with van der Waals surface area (Å²) in [6.07, 6.45) is 9.62. The van der Waals surface area contributed by atoms with E-state index in [0.29, 0.717) is 78.5 Å². The van der Waals surface area contributed by atoms with Crippen molar-refractivity contribution in [3.63, 3.8) is 0 Å². The van der Waals surface area contributed by atoms with Gasteiger partial charge in [-0.05, 0) is 103 Å². The van der Waals surface area contributed by atoms with Crippen molar-refractivity contribution in [2.24, 2.45) is 28.1 Å². The van der Waals surface area contributed by atoms with Gasteiger partial charge >= 0.3 is 17.9 Å². The van der Waals surface area contributed by atoms with E-state index in [2.05, 4.69) is 52.3 Å². The molecule has 3 saturated heterocycles. The standard InChI is InChI=1S/C52H63BFN3O9/c1-8-48(61)26-31-27-51(46(59)64-6,42-35(17-21-56(28-31)29-48)36-23-33(13-16-39(36)53-42)32-11-14-34(54)15-12-32)38-24-37-40(25-41(38)63-5)55(4)44-50(37)19-22-57-20-10-18-49(9-2,43(50)57)45(66-30(3)58)52(44,62)47(60)65-7/h10-16,18,23-25,31,38,41,43-45,53,61-62H,8-9,17,19-22,26-29H2,1-7H3/t31-,38?,41?,43+,44-,45-,48+,49-,50-,51+,52+/m1/s1. The largest absolute Gasteiger partial charge is 0.468 e. The number of nitrogens with zero attached hydrogens (tertiary/aromatic N) is 3. The molecule has 10 rings (SSSR count). The van der Waals surface area contributed by atoms with Crippen molar-refractivity contribution in [2.45, 2.75) is 94.8 Å². The molecule has 6 heterocycles. The summed E-state index contributed by atoms with van der Waals surface area (Å²) in [5, 5.41) is 25.6. The van der Waals surface area contributed by atoms with Gasteiger partial charge in [0.05, 0.1) is 37.4 Å². The molecule has 2 aromatic carbocycles. The number of allylic oxidation sites excluding steroid dienone is 1. The third-order valence-electron chi connectivity index (χ3n) is 17.6. The van der Waals surface area contributed by atoms with Crippen molar-refractivity contribution >= 4 is 36.2 Å². The van der Waals surface area contributed by atoms with Crippen molar-refractivity contribution in [1.82, 2.24) is 14.7 Å². The maximum absolute atomic E-state index is 15.7. The minimum absolute atomic E-state index is 0.0895. The number of fused-ring (bicyclic) bond motifs is 5. The minimum atomic E-state index is -2.31. The number of hydrogen-bond acceptors (Lipinski definition) is 12. The van der Waals surface area contributed by atoms with Crippen molar-refractivity contribution in [2.75, 3.05) is 61.1 Å². The van der Waals surface area contributed by atoms with Gasteiger partial charge in [-0.2, -0.15) is 0 Å². The molecule has 12 atom stereocenters. The van der Waals surface area contributed by atoms with Gasteiger partial charge < -0.3 is 34.1 Å². The lowest BCUT2D eigenvalue weighted by molar-refractivity contribution is -0.243. The Balaban J connectivity index is 1.23. The Morgan fingerprint density at radius 3 is 2.35 bits per heavy atom. The highest BCUT2D eigenvalue weighted by molar-refractivity contribution is 6.67. The number of methoxy groups -OCH3 is 3. The van der Waals surface area contributed by atoms with Crippen LogP contribution < -0.4 is 5.46 Å². The van der Waals surface area contributed by atoms with Gasteiger partial charge in [0.15, 0.2) is 13.4 Å². The first-order valence-corrected chi connectivity index (χ1v) is 23.8. The van der Waals surface area contributed by atoms with Crippen LogP contribution >= 0.6 is 0 Å². The lowest BCUT2D eigenvalue weighted by Gasteiger charge is -2.63. The lowest BCUT2D eigenvalue weighted by atomic mass is 9.46. The highest BCUT2D eigenvalue weighted by Crippen LogP contribution is 2.70. The molecule has 0 aromatic heterocycles. The van der Waals surface area contributed by atoms with Gasteiger partial charge in [0.1, 0.15) is 5.82 Å². The van der Waals surface area contributed by atoms with Crippen LogP contribution in [0.25, 0.3) is 16.7 Å². The molecule has 8 aliphatic rings. The molecule has 1 saturated carbocycles. The highest BCUT2D eigenvalue weighted by atomic mass is 19.1. The van der Waals surface area contributed by atoms with Crippen LogP contribution in [0.5, 0.6) is 0 Å². The van der Waals surface area contributed by atoms with Gasteiger partial charge in [0, 0.05) is 75.7 Å². The first-order valence-electron chi connectivity index (χ1n) is 23.8. The Hall–Kier alpha value is -4.60. The highest BCUT2D eigenvalue weighted by Gasteiger charge is 2.81. The van der Waals surface area contributed by atoms with Crippen LogP contribution in [-0.2, 0) is 33.3 Å². The molecule has 6 aliphatic heterocycles. The average Bonchev–Trinajstić information content (AvgIpc) is 3.97. The normalized spacial score (nSPS) is 38.5. The second-order valence-electron chi connectivity index (χ2n) is 20.5. The summed E-state index contributed by atoms with van der Waals surface area (Å²) in [5.74, 6) is -2.88. The molecular formula is C52H63BFN3O9. The molecular weight excluding hydrogens is 840 g/mol. The SMILES string of the molecule is CC[C@]1(O)C[C@H]2CN(CCC3=C(Bc4ccc(-c5ccc(F)cc5)cc43)[C@@](C(=O)OC)(C3C=C4C(=CC3OC)N(C)[C@H]3[C@@](O)(C(=O)OC)[C@H](OC(C)=O)[C@]5(CC)C=CCN6CC[C@]43[C@@H]65)C2)C1. The molecule has 2 N–H and O–H groups in total. The van der Waals surface area contributed by atoms with Crippen LogP contribution in [-0.4, -0.2) is 147 Å². The van der Waals surface area contributed by atoms with Crippen molar-refractivity contribution in [1.29, 1.82) is 0 Å². The van der Waals surface area contributed by atoms with E-state index in [1.54, 1.807) is 19.2 Å². The van der Waals surface area contributed by atoms with Crippen LogP contribution in [0.1, 0.15) is 64.9 Å². The van der Waals surface area contributed by atoms with Gasteiger partial charge in [0.2, 0.25) is 5.60 Å². The number of piperidine rings is 1. The van der Waals surface area contributed by atoms with Crippen molar-refractivity contribution < 1.29 is 47.9 Å². The predicted molar refractivity (Wildman–Crippen MR) is 248 cm³/mol. The molecule has 4 fully saturated rings. The first kappa shape index (κ1) is 45.2. The van der Waals surface area contributed by atoms with E-state index in [-0.39, 0.29) is 23.7 Å². The van der Waals surface area contributed by atoms with Crippen LogP contribution in [0.4, 0.5) is 4.39 Å². The number of carbonyl (C=O) groups excluding carboxylic acids is 3. The van der Waals surface area contributed by atoms with E-state index in [1.165, 1.54) is 33.3 Å². The van der Waals surface area contributed by atoms with Crippen LogP contribution in [0.2, 0.25) is 0 Å². The van der Waals surface area contributed by atoms with Gasteiger partial charge in [-0.3, -0.25) is 19.4 Å². The topological polar surface area (TPSA) is 138 Å². The summed E-state index contributed by atoms with van der Waals surface area (Å²) in [5.41, 5.74) is 1.29. The van der Waals surface area contributed by atoms with E-state index in [0.717, 1.165) is 44.5 Å². The summed E-state index contributed by atoms with van der Waals surface area (Å²) in [6.45, 7) is 8.58. The van der Waals surface area contributed by atoms with Gasteiger partial charge in [-0.1, -0.05) is 67.3 Å². The molecule has 350 valence electrons. The number of rotatable bonds is 8.